The molecule has 81 heavy (non-hydrogen) atoms. The molecular weight excluding hydrogens is 1090 g/mol. The second-order valence-corrected chi connectivity index (χ2v) is 50.5. The third-order valence-electron chi connectivity index (χ3n) is 20.6. The van der Waals surface area contributed by atoms with Gasteiger partial charge >= 0.3 is 0 Å². The summed E-state index contributed by atoms with van der Waals surface area (Å²) in [6.07, 6.45) is -0.603. The first-order valence-electron chi connectivity index (χ1n) is 30.7. The van der Waals surface area contributed by atoms with Gasteiger partial charge in [0.15, 0.2) is 33.3 Å². The number of carbonyl (C=O) groups excluding carboxylic acids is 2. The molecule has 2 aromatic carbocycles. The summed E-state index contributed by atoms with van der Waals surface area (Å²) in [6, 6.07) is 20.5. The van der Waals surface area contributed by atoms with Gasteiger partial charge in [0, 0.05) is 45.1 Å². The van der Waals surface area contributed by atoms with Crippen molar-refractivity contribution in [1.82, 2.24) is 0 Å². The molecule has 0 aliphatic carbocycles. The summed E-state index contributed by atoms with van der Waals surface area (Å²) in [6.45, 7) is 53.1. The molecule has 12 nitrogen and oxygen atoms in total. The van der Waals surface area contributed by atoms with E-state index in [1.807, 2.05) is 36.4 Å². The minimum Gasteiger partial charge on any atom is -0.414 e. The highest BCUT2D eigenvalue weighted by Gasteiger charge is 2.58. The number of rotatable bonds is 22. The topological polar surface area (TPSA) is 126 Å². The normalized spacial score (nSPS) is 31.2. The summed E-state index contributed by atoms with van der Waals surface area (Å²) in [5.74, 6) is -0.979. The lowest BCUT2D eigenvalue weighted by molar-refractivity contribution is -0.293. The van der Waals surface area contributed by atoms with Crippen LogP contribution in [0.15, 0.2) is 60.7 Å². The number of Topliss-reactive ketones (excluding diaryl/α,β-unsaturated/α-hetero) is 2. The molecule has 0 saturated carbocycles. The van der Waals surface area contributed by atoms with Crippen LogP contribution in [0.4, 0.5) is 0 Å². The van der Waals surface area contributed by atoms with Crippen LogP contribution >= 0.6 is 0 Å². The first-order chi connectivity index (χ1) is 37.0. The van der Waals surface area contributed by atoms with Gasteiger partial charge in [-0.1, -0.05) is 144 Å². The molecule has 460 valence electrons. The third kappa shape index (κ3) is 16.9. The van der Waals surface area contributed by atoms with Crippen molar-refractivity contribution >= 4 is 44.8 Å². The van der Waals surface area contributed by atoms with Crippen LogP contribution in [0.2, 0.25) is 72.5 Å². The summed E-state index contributed by atoms with van der Waals surface area (Å²) in [5, 5.41) is -0.348. The maximum Gasteiger partial charge on any atom is 0.201 e. The lowest BCUT2D eigenvalue weighted by atomic mass is 9.79. The Hall–Kier alpha value is -1.75. The molecule has 0 unspecified atom stereocenters. The van der Waals surface area contributed by atoms with E-state index in [-0.39, 0.29) is 63.5 Å². The Morgan fingerprint density at radius 3 is 1.56 bits per heavy atom. The number of hydrogen-bond acceptors (Lipinski definition) is 12. The molecular formula is C65H112O12Si4. The van der Waals surface area contributed by atoms with Crippen molar-refractivity contribution in [2.45, 2.75) is 313 Å². The number of ketones is 2. The summed E-state index contributed by atoms with van der Waals surface area (Å²) < 4.78 is 71.3. The van der Waals surface area contributed by atoms with E-state index in [9.17, 15) is 9.59 Å². The lowest BCUT2D eigenvalue weighted by Gasteiger charge is -2.54. The molecule has 0 N–H and O–H groups in total. The van der Waals surface area contributed by atoms with Crippen molar-refractivity contribution in [3.63, 3.8) is 0 Å². The molecule has 0 radical (unpaired) electrons. The van der Waals surface area contributed by atoms with E-state index in [0.29, 0.717) is 65.0 Å². The number of fused-ring (bicyclic) bond motifs is 2. The largest absolute Gasteiger partial charge is 0.414 e. The minimum absolute atomic E-state index is 0.0373. The van der Waals surface area contributed by atoms with Gasteiger partial charge in [0.1, 0.15) is 5.60 Å². The van der Waals surface area contributed by atoms with Crippen LogP contribution < -0.4 is 0 Å². The number of carbonyl (C=O) groups is 2. The van der Waals surface area contributed by atoms with Gasteiger partial charge in [-0.3, -0.25) is 9.59 Å². The second-order valence-electron chi connectivity index (χ2n) is 31.4. The second kappa shape index (κ2) is 25.5. The first-order valence-corrected chi connectivity index (χ1v) is 42.3. The van der Waals surface area contributed by atoms with Crippen molar-refractivity contribution in [2.75, 3.05) is 13.2 Å². The highest BCUT2D eigenvalue weighted by atomic mass is 28.4. The molecule has 4 heterocycles. The van der Waals surface area contributed by atoms with E-state index in [1.54, 1.807) is 0 Å². The Kier molecular flexibility index (Phi) is 21.5. The van der Waals surface area contributed by atoms with E-state index >= 15 is 0 Å². The molecule has 6 rings (SSSR count). The Balaban J connectivity index is 1.26. The fourth-order valence-electron chi connectivity index (χ4n) is 10.8. The van der Waals surface area contributed by atoms with Crippen LogP contribution in [0.1, 0.15) is 166 Å². The van der Waals surface area contributed by atoms with E-state index in [0.717, 1.165) is 11.1 Å². The highest BCUT2D eigenvalue weighted by molar-refractivity contribution is 6.75. The average molecular weight is 1200 g/mol. The van der Waals surface area contributed by atoms with Gasteiger partial charge in [-0.25, -0.2) is 0 Å². The van der Waals surface area contributed by atoms with E-state index in [2.05, 4.69) is 180 Å². The molecule has 0 spiro atoms. The lowest BCUT2D eigenvalue weighted by Crippen LogP contribution is -2.64. The monoisotopic (exact) mass is 1200 g/mol. The van der Waals surface area contributed by atoms with Crippen molar-refractivity contribution in [3.8, 4) is 0 Å². The van der Waals surface area contributed by atoms with E-state index in [1.165, 1.54) is 0 Å². The Morgan fingerprint density at radius 1 is 0.556 bits per heavy atom. The van der Waals surface area contributed by atoms with Crippen LogP contribution in [0.5, 0.6) is 0 Å². The van der Waals surface area contributed by atoms with Crippen molar-refractivity contribution in [3.05, 3.63) is 71.8 Å². The highest BCUT2D eigenvalue weighted by Crippen LogP contribution is 2.50. The van der Waals surface area contributed by atoms with E-state index in [4.69, 9.17) is 46.1 Å². The van der Waals surface area contributed by atoms with Crippen LogP contribution in [0, 0.1) is 0 Å². The van der Waals surface area contributed by atoms with Crippen molar-refractivity contribution in [1.29, 1.82) is 0 Å². The van der Waals surface area contributed by atoms with Crippen LogP contribution in [-0.2, 0) is 68.9 Å². The molecule has 12 atom stereocenters. The van der Waals surface area contributed by atoms with Gasteiger partial charge in [-0.2, -0.15) is 0 Å². The minimum atomic E-state index is -2.45. The molecule has 0 bridgehead atoms. The van der Waals surface area contributed by atoms with Crippen LogP contribution in [0.3, 0.4) is 0 Å². The zero-order valence-electron chi connectivity index (χ0n) is 54.9. The van der Waals surface area contributed by atoms with Gasteiger partial charge in [-0.15, -0.1) is 0 Å². The summed E-state index contributed by atoms with van der Waals surface area (Å²) >= 11 is 0. The van der Waals surface area contributed by atoms with Crippen LogP contribution in [0.25, 0.3) is 0 Å². The predicted octanol–water partition coefficient (Wildman–Crippen LogP) is 15.5. The fourth-order valence-corrected chi connectivity index (χ4v) is 16.0. The van der Waals surface area contributed by atoms with Crippen molar-refractivity contribution in [2.24, 2.45) is 0 Å². The number of ether oxygens (including phenoxy) is 6. The molecule has 0 aromatic heterocycles. The molecule has 0 amide bonds. The molecule has 4 aliphatic rings. The van der Waals surface area contributed by atoms with Gasteiger partial charge in [0.25, 0.3) is 0 Å². The fraction of sp³-hybridized carbons (Fsp3) is 0.785. The maximum atomic E-state index is 14.9. The zero-order valence-corrected chi connectivity index (χ0v) is 58.9. The summed E-state index contributed by atoms with van der Waals surface area (Å²) in [5.41, 5.74) is -0.0435. The van der Waals surface area contributed by atoms with Crippen LogP contribution in [-0.4, -0.2) is 130 Å². The van der Waals surface area contributed by atoms with Gasteiger partial charge < -0.3 is 46.1 Å². The smallest absolute Gasteiger partial charge is 0.201 e. The molecule has 2 aromatic rings. The SMILES string of the molecule is CC(C)(C)[Si](C)(C)OC[C@@]1(C)O[C@@H](CC(=O)C(=O)C[C@H]2O[C@H]3CC[C@@]4(C)O[C@@](C)(CCOCc5ccccc5)[C@H](OCc5ccccc5)C[C@@H]4O[C@@H]3C[C@@H]2O[Si](C)(C)C(C)(C)C)[C@H](O[Si](C)(C)C(C)(C)C)C[C@@H]1O[Si](C)(C)C(C)(C)C. The Morgan fingerprint density at radius 2 is 1.04 bits per heavy atom. The average Bonchev–Trinajstić information content (AvgIpc) is 3.84. The summed E-state index contributed by atoms with van der Waals surface area (Å²) in [4.78, 5) is 29.8. The molecule has 16 heteroatoms. The van der Waals surface area contributed by atoms with E-state index < -0.39 is 86.1 Å². The third-order valence-corrected chi connectivity index (χ3v) is 38.6. The van der Waals surface area contributed by atoms with Gasteiger partial charge in [-0.05, 0) is 117 Å². The number of hydrogen-bond donors (Lipinski definition) is 0. The Labute approximate surface area is 495 Å². The zero-order chi connectivity index (χ0) is 60.6. The molecule has 4 saturated heterocycles. The maximum absolute atomic E-state index is 14.9. The Bertz CT molecular complexity index is 2370. The predicted molar refractivity (Wildman–Crippen MR) is 336 cm³/mol. The summed E-state index contributed by atoms with van der Waals surface area (Å²) in [7, 11) is -9.51. The number of benzene rings is 2. The first kappa shape index (κ1) is 68.4. The van der Waals surface area contributed by atoms with Gasteiger partial charge in [0.05, 0.1) is 86.0 Å². The molecule has 4 fully saturated rings. The van der Waals surface area contributed by atoms with Crippen molar-refractivity contribution < 1.29 is 55.7 Å². The van der Waals surface area contributed by atoms with Gasteiger partial charge in [0.2, 0.25) is 11.6 Å². The standard InChI is InChI=1S/C65H112O12Si4/c1-59(2,3)78(16,17)70-45-65(15)58(76-81(22,23)62(10,11)12)41-55(75-80(20,21)61(7,8)9)53(73-65)39-49(67)48(66)38-51-54(74-79(18,19)60(4,5)6)40-52-50(71-51)34-35-63(13)57(72-52)42-56(69-44-47-32-28-25-29-33-47)64(14,77-63)36-37-68-43-46-30-26-24-27-31-46/h24-33,50-58H,34-45H2,1-23H3/t50-,51+,52+,53-,54-,55+,56+,57-,58-,63+,64-,65+/m0/s1. The molecule has 4 aliphatic heterocycles. The quantitative estimate of drug-likeness (QED) is 0.0633.